The Morgan fingerprint density at radius 1 is 0.929 bits per heavy atom. The monoisotopic (exact) mass is 373 g/mol. The molecule has 1 fully saturated rings. The van der Waals surface area contributed by atoms with Crippen LogP contribution >= 0.6 is 0 Å². The molecular formula is C22H23N5O. The third kappa shape index (κ3) is 4.46. The van der Waals surface area contributed by atoms with Gasteiger partial charge in [0.25, 0.3) is 0 Å². The predicted molar refractivity (Wildman–Crippen MR) is 110 cm³/mol. The molecule has 0 unspecified atom stereocenters. The minimum absolute atomic E-state index is 0.0188. The van der Waals surface area contributed by atoms with Crippen molar-refractivity contribution in [1.29, 1.82) is 0 Å². The van der Waals surface area contributed by atoms with Crippen molar-refractivity contribution in [3.63, 3.8) is 0 Å². The molecule has 1 saturated heterocycles. The van der Waals surface area contributed by atoms with E-state index >= 15 is 0 Å². The average Bonchev–Trinajstić information content (AvgIpc) is 3.21. The first-order chi connectivity index (χ1) is 13.8. The van der Waals surface area contributed by atoms with Gasteiger partial charge in [-0.25, -0.2) is 4.68 Å². The van der Waals surface area contributed by atoms with Crippen LogP contribution in [0.3, 0.4) is 0 Å². The van der Waals surface area contributed by atoms with Crippen LogP contribution in [0.5, 0.6) is 0 Å². The molecule has 1 aliphatic heterocycles. The van der Waals surface area contributed by atoms with E-state index in [2.05, 4.69) is 39.5 Å². The Balaban J connectivity index is 1.30. The van der Waals surface area contributed by atoms with E-state index in [-0.39, 0.29) is 5.91 Å². The molecular weight excluding hydrogens is 350 g/mol. The maximum atomic E-state index is 12.5. The van der Waals surface area contributed by atoms with Crippen LogP contribution in [0.1, 0.15) is 11.3 Å². The molecule has 1 aromatic heterocycles. The van der Waals surface area contributed by atoms with Crippen LogP contribution in [0.25, 0.3) is 6.08 Å². The zero-order valence-electron chi connectivity index (χ0n) is 15.7. The van der Waals surface area contributed by atoms with Crippen LogP contribution in [-0.4, -0.2) is 52.0 Å². The van der Waals surface area contributed by atoms with Crippen LogP contribution in [0.15, 0.2) is 72.9 Å². The summed E-state index contributed by atoms with van der Waals surface area (Å²) in [5.41, 5.74) is 3.06. The zero-order valence-corrected chi connectivity index (χ0v) is 15.7. The fourth-order valence-electron chi connectivity index (χ4n) is 3.32. The second-order valence-corrected chi connectivity index (χ2v) is 6.81. The van der Waals surface area contributed by atoms with E-state index in [9.17, 15) is 4.79 Å². The number of anilines is 1. The predicted octanol–water partition coefficient (Wildman–Crippen LogP) is 2.69. The highest BCUT2D eigenvalue weighted by molar-refractivity contribution is 5.91. The van der Waals surface area contributed by atoms with Gasteiger partial charge in [-0.05, 0) is 23.8 Å². The Morgan fingerprint density at radius 3 is 2.32 bits per heavy atom. The summed E-state index contributed by atoms with van der Waals surface area (Å²) in [7, 11) is 0. The number of piperazine rings is 1. The summed E-state index contributed by atoms with van der Waals surface area (Å²) < 4.78 is 1.78. The smallest absolute Gasteiger partial charge is 0.246 e. The highest BCUT2D eigenvalue weighted by Gasteiger charge is 2.19. The normalized spacial score (nSPS) is 14.6. The summed E-state index contributed by atoms with van der Waals surface area (Å²) in [4.78, 5) is 16.7. The number of carbonyl (C=O) groups is 1. The van der Waals surface area contributed by atoms with E-state index in [4.69, 9.17) is 0 Å². The molecule has 1 aliphatic rings. The largest absolute Gasteiger partial charge is 0.368 e. The van der Waals surface area contributed by atoms with Gasteiger partial charge in [0.05, 0.1) is 12.7 Å². The zero-order chi connectivity index (χ0) is 19.2. The molecule has 4 rings (SSSR count). The molecule has 0 spiro atoms. The Labute approximate surface area is 164 Å². The van der Waals surface area contributed by atoms with Crippen molar-refractivity contribution in [2.75, 3.05) is 31.1 Å². The van der Waals surface area contributed by atoms with E-state index < -0.39 is 0 Å². The van der Waals surface area contributed by atoms with Gasteiger partial charge in [0.1, 0.15) is 5.69 Å². The standard InChI is InChI=1S/C22H23N5O/c28-22(26-15-13-25(14-16-26)21-9-5-2-6-10-21)12-11-20-18-27(24-23-20)17-19-7-3-1-4-8-19/h1-12,18H,13-17H2/b12-11+. The van der Waals surface area contributed by atoms with E-state index in [0.29, 0.717) is 12.2 Å². The topological polar surface area (TPSA) is 54.3 Å². The van der Waals surface area contributed by atoms with Gasteiger partial charge >= 0.3 is 0 Å². The maximum Gasteiger partial charge on any atom is 0.246 e. The Hall–Kier alpha value is -3.41. The van der Waals surface area contributed by atoms with Crippen molar-refractivity contribution in [3.8, 4) is 0 Å². The second kappa shape index (κ2) is 8.52. The van der Waals surface area contributed by atoms with Crippen LogP contribution < -0.4 is 4.90 Å². The fourth-order valence-corrected chi connectivity index (χ4v) is 3.32. The minimum atomic E-state index is 0.0188. The third-order valence-electron chi connectivity index (χ3n) is 4.85. The van der Waals surface area contributed by atoms with Crippen LogP contribution in [-0.2, 0) is 11.3 Å². The molecule has 28 heavy (non-hydrogen) atoms. The summed E-state index contributed by atoms with van der Waals surface area (Å²) in [5, 5.41) is 8.26. The summed E-state index contributed by atoms with van der Waals surface area (Å²) in [6.45, 7) is 3.79. The van der Waals surface area contributed by atoms with Crippen LogP contribution in [0.2, 0.25) is 0 Å². The first-order valence-electron chi connectivity index (χ1n) is 9.49. The minimum Gasteiger partial charge on any atom is -0.368 e. The molecule has 6 heteroatoms. The molecule has 0 radical (unpaired) electrons. The number of carbonyl (C=O) groups excluding carboxylic acids is 1. The van der Waals surface area contributed by atoms with Crippen molar-refractivity contribution >= 4 is 17.7 Å². The molecule has 2 heterocycles. The summed E-state index contributed by atoms with van der Waals surface area (Å²) in [6, 6.07) is 20.4. The van der Waals surface area contributed by atoms with Crippen molar-refractivity contribution in [2.45, 2.75) is 6.54 Å². The molecule has 3 aromatic rings. The van der Waals surface area contributed by atoms with Gasteiger partial charge in [-0.15, -0.1) is 5.10 Å². The fraction of sp³-hybridized carbons (Fsp3) is 0.227. The molecule has 2 aromatic carbocycles. The van der Waals surface area contributed by atoms with Gasteiger partial charge in [0.15, 0.2) is 0 Å². The lowest BCUT2D eigenvalue weighted by atomic mass is 10.2. The Kier molecular flexibility index (Phi) is 5.47. The van der Waals surface area contributed by atoms with Gasteiger partial charge < -0.3 is 9.80 Å². The summed E-state index contributed by atoms with van der Waals surface area (Å²) in [5.74, 6) is 0.0188. The highest BCUT2D eigenvalue weighted by Crippen LogP contribution is 2.15. The number of hydrogen-bond donors (Lipinski definition) is 0. The Bertz CT molecular complexity index is 928. The van der Waals surface area contributed by atoms with E-state index in [0.717, 1.165) is 31.7 Å². The van der Waals surface area contributed by atoms with Crippen molar-refractivity contribution in [2.24, 2.45) is 0 Å². The van der Waals surface area contributed by atoms with E-state index in [1.54, 1.807) is 16.8 Å². The van der Waals surface area contributed by atoms with Gasteiger partial charge in [0.2, 0.25) is 5.91 Å². The lowest BCUT2D eigenvalue weighted by Gasteiger charge is -2.35. The molecule has 0 bridgehead atoms. The molecule has 6 nitrogen and oxygen atoms in total. The third-order valence-corrected chi connectivity index (χ3v) is 4.85. The SMILES string of the molecule is O=C(/C=C/c1cn(Cc2ccccc2)nn1)N1CCN(c2ccccc2)CC1. The second-order valence-electron chi connectivity index (χ2n) is 6.81. The van der Waals surface area contributed by atoms with Gasteiger partial charge in [-0.3, -0.25) is 4.79 Å². The molecule has 0 saturated carbocycles. The van der Waals surface area contributed by atoms with Gasteiger partial charge in [0, 0.05) is 37.9 Å². The highest BCUT2D eigenvalue weighted by atomic mass is 16.2. The van der Waals surface area contributed by atoms with E-state index in [1.807, 2.05) is 47.5 Å². The average molecular weight is 373 g/mol. The number of para-hydroxylation sites is 1. The van der Waals surface area contributed by atoms with Crippen LogP contribution in [0.4, 0.5) is 5.69 Å². The molecule has 142 valence electrons. The lowest BCUT2D eigenvalue weighted by Crippen LogP contribution is -2.48. The van der Waals surface area contributed by atoms with E-state index in [1.165, 1.54) is 5.69 Å². The molecule has 0 N–H and O–H groups in total. The van der Waals surface area contributed by atoms with Crippen LogP contribution in [0, 0.1) is 0 Å². The lowest BCUT2D eigenvalue weighted by molar-refractivity contribution is -0.126. The van der Waals surface area contributed by atoms with Crippen molar-refractivity contribution in [3.05, 3.63) is 84.2 Å². The molecule has 0 aliphatic carbocycles. The number of amides is 1. The maximum absolute atomic E-state index is 12.5. The Morgan fingerprint density at radius 2 is 1.61 bits per heavy atom. The van der Waals surface area contributed by atoms with Crippen molar-refractivity contribution in [1.82, 2.24) is 19.9 Å². The van der Waals surface area contributed by atoms with Gasteiger partial charge in [-0.2, -0.15) is 0 Å². The first-order valence-corrected chi connectivity index (χ1v) is 9.49. The number of hydrogen-bond acceptors (Lipinski definition) is 4. The van der Waals surface area contributed by atoms with Crippen molar-refractivity contribution < 1.29 is 4.79 Å². The summed E-state index contributed by atoms with van der Waals surface area (Å²) >= 11 is 0. The molecule has 0 atom stereocenters. The number of nitrogens with zero attached hydrogens (tertiary/aromatic N) is 5. The summed E-state index contributed by atoms with van der Waals surface area (Å²) in [6.07, 6.45) is 5.18. The first kappa shape index (κ1) is 18.0. The number of aromatic nitrogens is 3. The number of benzene rings is 2. The molecule has 1 amide bonds. The van der Waals surface area contributed by atoms with Gasteiger partial charge in [-0.1, -0.05) is 53.7 Å². The number of rotatable bonds is 5. The quantitative estimate of drug-likeness (QED) is 0.646.